The summed E-state index contributed by atoms with van der Waals surface area (Å²) in [5.74, 6) is 0.686. The van der Waals surface area contributed by atoms with Crippen LogP contribution in [0.1, 0.15) is 51.6 Å². The lowest BCUT2D eigenvalue weighted by Crippen LogP contribution is -2.23. The smallest absolute Gasteiger partial charge is 0.310 e. The lowest BCUT2D eigenvalue weighted by Gasteiger charge is -2.21. The fourth-order valence-electron chi connectivity index (χ4n) is 2.53. The maximum Gasteiger partial charge on any atom is 0.323 e. The van der Waals surface area contributed by atoms with Crippen molar-refractivity contribution in [3.05, 3.63) is 32.7 Å². The van der Waals surface area contributed by atoms with Crippen molar-refractivity contribution >= 4 is 27.0 Å². The molecule has 3 N–H and O–H groups in total. The average Bonchev–Trinajstić information content (AvgIpc) is 2.77. The molecule has 0 amide bonds. The van der Waals surface area contributed by atoms with Gasteiger partial charge in [0.2, 0.25) is 0 Å². The highest BCUT2D eigenvalue weighted by Crippen LogP contribution is 2.30. The topological polar surface area (TPSA) is 60.7 Å². The maximum atomic E-state index is 11.4. The van der Waals surface area contributed by atoms with Crippen molar-refractivity contribution in [1.82, 2.24) is 15.3 Å². The molecule has 0 aliphatic rings. The van der Waals surface area contributed by atoms with Gasteiger partial charge in [-0.05, 0) is 49.4 Å². The molecular weight excluding hydrogens is 330 g/mol. The molecule has 1 atom stereocenters. The Morgan fingerprint density at radius 2 is 1.86 bits per heavy atom. The number of H-pyrrole nitrogens is 2. The summed E-state index contributed by atoms with van der Waals surface area (Å²) in [6, 6.07) is 4.37. The van der Waals surface area contributed by atoms with Crippen LogP contribution in [-0.4, -0.2) is 16.5 Å². The number of benzene rings is 1. The largest absolute Gasteiger partial charge is 0.323 e. The molecule has 2 rings (SSSR count). The minimum Gasteiger partial charge on any atom is -0.310 e. The highest BCUT2D eigenvalue weighted by atomic mass is 79.9. The quantitative estimate of drug-likeness (QED) is 0.701. The number of rotatable bonds is 7. The second-order valence-electron chi connectivity index (χ2n) is 5.98. The minimum absolute atomic E-state index is 0.158. The summed E-state index contributed by atoms with van der Waals surface area (Å²) in [5.41, 5.74) is 2.76. The van der Waals surface area contributed by atoms with E-state index < -0.39 is 0 Å². The summed E-state index contributed by atoms with van der Waals surface area (Å²) in [4.78, 5) is 17.1. The third kappa shape index (κ3) is 4.20. The molecule has 21 heavy (non-hydrogen) atoms. The summed E-state index contributed by atoms with van der Waals surface area (Å²) in [7, 11) is 0. The van der Waals surface area contributed by atoms with E-state index in [-0.39, 0.29) is 5.69 Å². The molecule has 0 saturated heterocycles. The Bertz CT molecular complexity index is 644. The predicted octanol–water partition coefficient (Wildman–Crippen LogP) is 4.10. The zero-order chi connectivity index (χ0) is 15.4. The van der Waals surface area contributed by atoms with Crippen LogP contribution in [0.15, 0.2) is 21.4 Å². The van der Waals surface area contributed by atoms with Gasteiger partial charge in [0, 0.05) is 10.5 Å². The number of hydrogen-bond donors (Lipinski definition) is 3. The van der Waals surface area contributed by atoms with Gasteiger partial charge in [0.25, 0.3) is 0 Å². The van der Waals surface area contributed by atoms with Gasteiger partial charge >= 0.3 is 5.69 Å². The van der Waals surface area contributed by atoms with Gasteiger partial charge in [-0.25, -0.2) is 4.79 Å². The van der Waals surface area contributed by atoms with Gasteiger partial charge in [-0.15, -0.1) is 0 Å². The SMILES string of the molecule is CCCNC(CCC(C)C)c1cc2[nH]c(=O)[nH]c2cc1Br. The number of hydrogen-bond acceptors (Lipinski definition) is 2. The van der Waals surface area contributed by atoms with E-state index in [1.165, 1.54) is 12.0 Å². The van der Waals surface area contributed by atoms with Crippen LogP contribution >= 0.6 is 15.9 Å². The molecule has 2 aromatic rings. The second-order valence-corrected chi connectivity index (χ2v) is 6.83. The first-order valence-corrected chi connectivity index (χ1v) is 8.45. The van der Waals surface area contributed by atoms with Crippen LogP contribution < -0.4 is 11.0 Å². The number of nitrogens with one attached hydrogen (secondary N) is 3. The Balaban J connectivity index is 2.32. The molecule has 0 fully saturated rings. The van der Waals surface area contributed by atoms with Crippen LogP contribution in [0.5, 0.6) is 0 Å². The first-order valence-electron chi connectivity index (χ1n) is 7.66. The Kier molecular flexibility index (Phi) is 5.65. The van der Waals surface area contributed by atoms with Crippen molar-refractivity contribution in [3.63, 3.8) is 0 Å². The Labute approximate surface area is 133 Å². The van der Waals surface area contributed by atoms with Crippen LogP contribution in [0, 0.1) is 5.92 Å². The van der Waals surface area contributed by atoms with Crippen LogP contribution in [-0.2, 0) is 0 Å². The molecule has 1 aromatic carbocycles. The third-order valence-electron chi connectivity index (χ3n) is 3.68. The first kappa shape index (κ1) is 16.3. The zero-order valence-electron chi connectivity index (χ0n) is 12.9. The van der Waals surface area contributed by atoms with Crippen molar-refractivity contribution in [3.8, 4) is 0 Å². The van der Waals surface area contributed by atoms with Crippen molar-refractivity contribution in [2.45, 2.75) is 46.1 Å². The van der Waals surface area contributed by atoms with E-state index in [1.807, 2.05) is 6.07 Å². The molecule has 5 heteroatoms. The summed E-state index contributed by atoms with van der Waals surface area (Å²) in [6.07, 6.45) is 3.38. The minimum atomic E-state index is -0.158. The van der Waals surface area contributed by atoms with Crippen molar-refractivity contribution in [2.24, 2.45) is 5.92 Å². The molecule has 0 aliphatic carbocycles. The molecule has 0 aliphatic heterocycles. The fraction of sp³-hybridized carbons (Fsp3) is 0.562. The maximum absolute atomic E-state index is 11.4. The monoisotopic (exact) mass is 353 g/mol. The van der Waals surface area contributed by atoms with Gasteiger partial charge in [-0.1, -0.05) is 36.7 Å². The predicted molar refractivity (Wildman–Crippen MR) is 91.7 cm³/mol. The van der Waals surface area contributed by atoms with Gasteiger partial charge < -0.3 is 15.3 Å². The lowest BCUT2D eigenvalue weighted by molar-refractivity contribution is 0.440. The van der Waals surface area contributed by atoms with E-state index in [1.54, 1.807) is 0 Å². The highest BCUT2D eigenvalue weighted by Gasteiger charge is 2.16. The van der Waals surface area contributed by atoms with Gasteiger partial charge in [-0.2, -0.15) is 0 Å². The van der Waals surface area contributed by atoms with E-state index >= 15 is 0 Å². The third-order valence-corrected chi connectivity index (χ3v) is 4.37. The Hall–Kier alpha value is -1.07. The summed E-state index contributed by atoms with van der Waals surface area (Å²) in [5, 5.41) is 3.62. The van der Waals surface area contributed by atoms with Gasteiger partial charge in [0.05, 0.1) is 11.0 Å². The fourth-order valence-corrected chi connectivity index (χ4v) is 3.15. The van der Waals surface area contributed by atoms with E-state index in [0.717, 1.165) is 34.9 Å². The van der Waals surface area contributed by atoms with Gasteiger partial charge in [-0.3, -0.25) is 0 Å². The molecule has 1 aromatic heterocycles. The lowest BCUT2D eigenvalue weighted by atomic mass is 9.97. The van der Waals surface area contributed by atoms with Crippen molar-refractivity contribution in [1.29, 1.82) is 0 Å². The van der Waals surface area contributed by atoms with E-state index in [0.29, 0.717) is 12.0 Å². The molecule has 0 radical (unpaired) electrons. The van der Waals surface area contributed by atoms with Crippen LogP contribution in [0.25, 0.3) is 11.0 Å². The molecule has 0 spiro atoms. The summed E-state index contributed by atoms with van der Waals surface area (Å²) < 4.78 is 1.04. The van der Waals surface area contributed by atoms with Crippen LogP contribution in [0.3, 0.4) is 0 Å². The molecule has 116 valence electrons. The van der Waals surface area contributed by atoms with Crippen molar-refractivity contribution < 1.29 is 0 Å². The number of fused-ring (bicyclic) bond motifs is 1. The summed E-state index contributed by atoms with van der Waals surface area (Å²) in [6.45, 7) is 7.67. The van der Waals surface area contributed by atoms with Crippen LogP contribution in [0.4, 0.5) is 0 Å². The number of imidazole rings is 1. The molecular formula is C16H24BrN3O. The molecule has 1 heterocycles. The highest BCUT2D eigenvalue weighted by molar-refractivity contribution is 9.10. The Morgan fingerprint density at radius 3 is 2.48 bits per heavy atom. The summed E-state index contributed by atoms with van der Waals surface area (Å²) >= 11 is 3.65. The number of halogens is 1. The van der Waals surface area contributed by atoms with E-state index in [2.05, 4.69) is 58.1 Å². The normalized spacial score (nSPS) is 13.2. The molecule has 4 nitrogen and oxygen atoms in total. The first-order chi connectivity index (χ1) is 10.0. The van der Waals surface area contributed by atoms with E-state index in [9.17, 15) is 4.79 Å². The van der Waals surface area contributed by atoms with Crippen LogP contribution in [0.2, 0.25) is 0 Å². The zero-order valence-corrected chi connectivity index (χ0v) is 14.5. The molecule has 1 unspecified atom stereocenters. The van der Waals surface area contributed by atoms with E-state index in [4.69, 9.17) is 0 Å². The second kappa shape index (κ2) is 7.27. The Morgan fingerprint density at radius 1 is 1.19 bits per heavy atom. The standard InChI is InChI=1S/C16H24BrN3O/c1-4-7-18-13(6-5-10(2)3)11-8-14-15(9-12(11)17)20-16(21)19-14/h8-10,13,18H,4-7H2,1-3H3,(H2,19,20,21). The van der Waals surface area contributed by atoms with Crippen molar-refractivity contribution in [2.75, 3.05) is 6.54 Å². The van der Waals surface area contributed by atoms with Gasteiger partial charge in [0.1, 0.15) is 0 Å². The van der Waals surface area contributed by atoms with Gasteiger partial charge in [0.15, 0.2) is 0 Å². The molecule has 0 bridgehead atoms. The average molecular weight is 354 g/mol. The molecule has 0 saturated carbocycles. The number of aromatic nitrogens is 2. The number of aromatic amines is 2.